The van der Waals surface area contributed by atoms with E-state index in [9.17, 15) is 8.42 Å². The van der Waals surface area contributed by atoms with Gasteiger partial charge in [0.05, 0.1) is 12.3 Å². The molecule has 1 aromatic rings. The molecule has 1 aliphatic rings. The van der Waals surface area contributed by atoms with Crippen LogP contribution < -0.4 is 10.6 Å². The van der Waals surface area contributed by atoms with Gasteiger partial charge in [0.1, 0.15) is 0 Å². The Kier molecular flexibility index (Phi) is 7.25. The lowest BCUT2D eigenvalue weighted by atomic mass is 9.98. The fourth-order valence-electron chi connectivity index (χ4n) is 2.99. The van der Waals surface area contributed by atoms with Gasteiger partial charge in [0.25, 0.3) is 0 Å². The Morgan fingerprint density at radius 3 is 2.48 bits per heavy atom. The fraction of sp³-hybridized carbons (Fsp3) is 0.611. The molecule has 2 rings (SSSR count). The lowest BCUT2D eigenvalue weighted by Gasteiger charge is -2.29. The molecule has 0 aromatic heterocycles. The standard InChI is InChI=1S/C18H30N4O2S/c1-4-19-18(21-15(2)17-8-6-5-7-9-17)20-14-16-10-12-22(13-11-16)25(3,23)24/h5-9,15-16H,4,10-14H2,1-3H3,(H2,19,20,21). The zero-order chi connectivity index (χ0) is 18.3. The van der Waals surface area contributed by atoms with Crippen LogP contribution in [-0.4, -0.2) is 51.1 Å². The van der Waals surface area contributed by atoms with Gasteiger partial charge < -0.3 is 10.6 Å². The molecule has 0 saturated carbocycles. The van der Waals surface area contributed by atoms with Crippen LogP contribution in [0.5, 0.6) is 0 Å². The Balaban J connectivity index is 1.90. The van der Waals surface area contributed by atoms with Crippen molar-refractivity contribution in [3.63, 3.8) is 0 Å². The molecule has 0 aliphatic carbocycles. The molecule has 0 radical (unpaired) electrons. The number of nitrogens with one attached hydrogen (secondary N) is 2. The van der Waals surface area contributed by atoms with Gasteiger partial charge in [0.2, 0.25) is 10.0 Å². The van der Waals surface area contributed by atoms with E-state index in [1.165, 1.54) is 11.8 Å². The fourth-order valence-corrected chi connectivity index (χ4v) is 3.87. The number of nitrogens with zero attached hydrogens (tertiary/aromatic N) is 2. The summed E-state index contributed by atoms with van der Waals surface area (Å²) in [6.45, 7) is 6.89. The summed E-state index contributed by atoms with van der Waals surface area (Å²) in [7, 11) is -3.06. The Bertz CT molecular complexity index is 653. The minimum absolute atomic E-state index is 0.172. The molecule has 7 heteroatoms. The van der Waals surface area contributed by atoms with Crippen molar-refractivity contribution in [1.29, 1.82) is 0 Å². The molecule has 0 spiro atoms. The molecule has 1 atom stereocenters. The second-order valence-corrected chi connectivity index (χ2v) is 8.58. The minimum atomic E-state index is -3.06. The molecule has 0 amide bonds. The third kappa shape index (κ3) is 6.32. The summed E-state index contributed by atoms with van der Waals surface area (Å²) in [6, 6.07) is 10.5. The zero-order valence-corrected chi connectivity index (χ0v) is 16.2. The monoisotopic (exact) mass is 366 g/mol. The van der Waals surface area contributed by atoms with Crippen LogP contribution >= 0.6 is 0 Å². The zero-order valence-electron chi connectivity index (χ0n) is 15.4. The number of sulfonamides is 1. The first-order chi connectivity index (χ1) is 11.9. The van der Waals surface area contributed by atoms with Crippen molar-refractivity contribution in [2.45, 2.75) is 32.7 Å². The summed E-state index contributed by atoms with van der Waals surface area (Å²) in [5.41, 5.74) is 1.22. The van der Waals surface area contributed by atoms with E-state index < -0.39 is 10.0 Å². The lowest BCUT2D eigenvalue weighted by molar-refractivity contribution is 0.280. The molecule has 2 N–H and O–H groups in total. The van der Waals surface area contributed by atoms with Gasteiger partial charge in [-0.1, -0.05) is 30.3 Å². The number of aliphatic imine (C=N–C) groups is 1. The number of piperidine rings is 1. The molecule has 1 saturated heterocycles. The predicted octanol–water partition coefficient (Wildman–Crippen LogP) is 1.97. The highest BCUT2D eigenvalue weighted by molar-refractivity contribution is 7.88. The average molecular weight is 367 g/mol. The highest BCUT2D eigenvalue weighted by Crippen LogP contribution is 2.19. The maximum atomic E-state index is 11.6. The average Bonchev–Trinajstić information content (AvgIpc) is 2.60. The van der Waals surface area contributed by atoms with Crippen LogP contribution in [0, 0.1) is 5.92 Å². The van der Waals surface area contributed by atoms with E-state index in [0.717, 1.165) is 25.3 Å². The van der Waals surface area contributed by atoms with Gasteiger partial charge in [-0.3, -0.25) is 4.99 Å². The number of hydrogen-bond acceptors (Lipinski definition) is 3. The summed E-state index contributed by atoms with van der Waals surface area (Å²) < 4.78 is 24.7. The Hall–Kier alpha value is -1.60. The van der Waals surface area contributed by atoms with E-state index in [1.54, 1.807) is 4.31 Å². The lowest BCUT2D eigenvalue weighted by Crippen LogP contribution is -2.40. The Labute approximate surface area is 151 Å². The molecule has 140 valence electrons. The van der Waals surface area contributed by atoms with Gasteiger partial charge >= 0.3 is 0 Å². The Morgan fingerprint density at radius 1 is 1.28 bits per heavy atom. The van der Waals surface area contributed by atoms with Gasteiger partial charge in [-0.2, -0.15) is 0 Å². The smallest absolute Gasteiger partial charge is 0.211 e. The molecule has 1 heterocycles. The van der Waals surface area contributed by atoms with Crippen LogP contribution in [-0.2, 0) is 10.0 Å². The van der Waals surface area contributed by atoms with Crippen LogP contribution in [0.1, 0.15) is 38.3 Å². The molecule has 1 unspecified atom stereocenters. The summed E-state index contributed by atoms with van der Waals surface area (Å²) >= 11 is 0. The second-order valence-electron chi connectivity index (χ2n) is 6.60. The van der Waals surface area contributed by atoms with Crippen molar-refractivity contribution in [2.24, 2.45) is 10.9 Å². The first kappa shape index (κ1) is 19.7. The number of guanidine groups is 1. The highest BCUT2D eigenvalue weighted by Gasteiger charge is 2.24. The van der Waals surface area contributed by atoms with Crippen molar-refractivity contribution in [3.8, 4) is 0 Å². The van der Waals surface area contributed by atoms with Crippen LogP contribution in [0.15, 0.2) is 35.3 Å². The molecule has 6 nitrogen and oxygen atoms in total. The van der Waals surface area contributed by atoms with E-state index >= 15 is 0 Å². The molecular formula is C18H30N4O2S. The van der Waals surface area contributed by atoms with Gasteiger partial charge in [-0.15, -0.1) is 0 Å². The molecule has 0 bridgehead atoms. The topological polar surface area (TPSA) is 73.8 Å². The van der Waals surface area contributed by atoms with Gasteiger partial charge in [-0.25, -0.2) is 12.7 Å². The number of benzene rings is 1. The highest BCUT2D eigenvalue weighted by atomic mass is 32.2. The first-order valence-corrected chi connectivity index (χ1v) is 10.8. The van der Waals surface area contributed by atoms with Crippen LogP contribution in [0.3, 0.4) is 0 Å². The largest absolute Gasteiger partial charge is 0.357 e. The van der Waals surface area contributed by atoms with E-state index in [2.05, 4.69) is 36.6 Å². The summed E-state index contributed by atoms with van der Waals surface area (Å²) in [5.74, 6) is 1.24. The molecule has 25 heavy (non-hydrogen) atoms. The van der Waals surface area contributed by atoms with E-state index in [0.29, 0.717) is 25.6 Å². The van der Waals surface area contributed by atoms with Gasteiger partial charge in [0.15, 0.2) is 5.96 Å². The van der Waals surface area contributed by atoms with E-state index in [4.69, 9.17) is 4.99 Å². The predicted molar refractivity (Wildman–Crippen MR) is 103 cm³/mol. The SMILES string of the molecule is CCNC(=NCC1CCN(S(C)(=O)=O)CC1)NC(C)c1ccccc1. The van der Waals surface area contributed by atoms with Crippen molar-refractivity contribution in [1.82, 2.24) is 14.9 Å². The van der Waals surface area contributed by atoms with Crippen molar-refractivity contribution < 1.29 is 8.42 Å². The maximum Gasteiger partial charge on any atom is 0.211 e. The third-order valence-corrected chi connectivity index (χ3v) is 5.85. The van der Waals surface area contributed by atoms with Crippen LogP contribution in [0.2, 0.25) is 0 Å². The number of rotatable bonds is 6. The van der Waals surface area contributed by atoms with E-state index in [1.807, 2.05) is 18.2 Å². The first-order valence-electron chi connectivity index (χ1n) is 8.95. The minimum Gasteiger partial charge on any atom is -0.357 e. The van der Waals surface area contributed by atoms with Crippen molar-refractivity contribution in [3.05, 3.63) is 35.9 Å². The van der Waals surface area contributed by atoms with Crippen LogP contribution in [0.25, 0.3) is 0 Å². The van der Waals surface area contributed by atoms with E-state index in [-0.39, 0.29) is 6.04 Å². The molecular weight excluding hydrogens is 336 g/mol. The Morgan fingerprint density at radius 2 is 1.92 bits per heavy atom. The van der Waals surface area contributed by atoms with Crippen molar-refractivity contribution in [2.75, 3.05) is 32.4 Å². The third-order valence-electron chi connectivity index (χ3n) is 4.55. The van der Waals surface area contributed by atoms with Gasteiger partial charge in [0, 0.05) is 26.2 Å². The summed E-state index contributed by atoms with van der Waals surface area (Å²) in [6.07, 6.45) is 3.01. The van der Waals surface area contributed by atoms with Crippen molar-refractivity contribution >= 4 is 16.0 Å². The summed E-state index contributed by atoms with van der Waals surface area (Å²) in [4.78, 5) is 4.72. The normalized spacial score (nSPS) is 18.8. The molecule has 1 aliphatic heterocycles. The molecule has 1 aromatic carbocycles. The van der Waals surface area contributed by atoms with Gasteiger partial charge in [-0.05, 0) is 38.2 Å². The quantitative estimate of drug-likeness (QED) is 0.596. The second kappa shape index (κ2) is 9.20. The summed E-state index contributed by atoms with van der Waals surface area (Å²) in [5, 5.41) is 6.73. The number of hydrogen-bond donors (Lipinski definition) is 2. The maximum absolute atomic E-state index is 11.6. The molecule has 1 fully saturated rings. The van der Waals surface area contributed by atoms with Crippen LogP contribution in [0.4, 0.5) is 0 Å².